The van der Waals surface area contributed by atoms with Crippen LogP contribution in [0.2, 0.25) is 0 Å². The number of nitrogens with zero attached hydrogens (tertiary/aromatic N) is 4. The molecule has 0 unspecified atom stereocenters. The highest BCUT2D eigenvalue weighted by molar-refractivity contribution is 8.00. The van der Waals surface area contributed by atoms with Gasteiger partial charge >= 0.3 is 0 Å². The molecular formula is C24H17N5O4S2. The number of pyridine rings is 1. The van der Waals surface area contributed by atoms with Crippen molar-refractivity contribution in [1.29, 1.82) is 5.26 Å². The number of ether oxygens (including phenoxy) is 1. The summed E-state index contributed by atoms with van der Waals surface area (Å²) in [4.78, 5) is 31.8. The molecule has 1 N–H and O–H groups in total. The van der Waals surface area contributed by atoms with Crippen molar-refractivity contribution in [2.24, 2.45) is 0 Å². The van der Waals surface area contributed by atoms with E-state index in [1.54, 1.807) is 36.8 Å². The zero-order valence-electron chi connectivity index (χ0n) is 18.3. The van der Waals surface area contributed by atoms with Crippen LogP contribution < -0.4 is 10.1 Å². The SMILES string of the molecule is COc1ccc(-c2ccc(C#N)c(SCC(=O)Nc3nc(-c4ccc([N+](=O)[O-])cc4)cs3)n2)cc1. The summed E-state index contributed by atoms with van der Waals surface area (Å²) in [5, 5.41) is 25.6. The summed E-state index contributed by atoms with van der Waals surface area (Å²) in [6.45, 7) is 0. The maximum absolute atomic E-state index is 12.5. The van der Waals surface area contributed by atoms with Crippen LogP contribution in [0.15, 0.2) is 71.1 Å². The van der Waals surface area contributed by atoms with Gasteiger partial charge in [0, 0.05) is 28.6 Å². The highest BCUT2D eigenvalue weighted by Gasteiger charge is 2.13. The molecule has 4 rings (SSSR count). The fraction of sp³-hybridized carbons (Fsp3) is 0.0833. The second kappa shape index (κ2) is 10.8. The van der Waals surface area contributed by atoms with Crippen molar-refractivity contribution >= 4 is 39.8 Å². The maximum atomic E-state index is 12.5. The van der Waals surface area contributed by atoms with Crippen molar-refractivity contribution in [3.05, 3.63) is 81.7 Å². The van der Waals surface area contributed by atoms with Gasteiger partial charge in [-0.05, 0) is 48.5 Å². The average Bonchev–Trinajstić information content (AvgIpc) is 3.35. The molecule has 0 bridgehead atoms. The van der Waals surface area contributed by atoms with E-state index >= 15 is 0 Å². The zero-order valence-corrected chi connectivity index (χ0v) is 19.9. The normalized spacial score (nSPS) is 10.4. The van der Waals surface area contributed by atoms with E-state index in [0.29, 0.717) is 32.7 Å². The van der Waals surface area contributed by atoms with Gasteiger partial charge in [0.25, 0.3) is 5.69 Å². The molecule has 0 radical (unpaired) electrons. The number of amides is 1. The lowest BCUT2D eigenvalue weighted by molar-refractivity contribution is -0.384. The minimum absolute atomic E-state index is 0.00376. The summed E-state index contributed by atoms with van der Waals surface area (Å²) in [5.41, 5.74) is 3.24. The van der Waals surface area contributed by atoms with Gasteiger partial charge < -0.3 is 10.1 Å². The highest BCUT2D eigenvalue weighted by atomic mass is 32.2. The molecule has 0 fully saturated rings. The molecule has 0 saturated carbocycles. The van der Waals surface area contributed by atoms with Crippen LogP contribution in [0, 0.1) is 21.4 Å². The zero-order chi connectivity index (χ0) is 24.8. The quantitative estimate of drug-likeness (QED) is 0.192. The number of hydrogen-bond donors (Lipinski definition) is 1. The number of methoxy groups -OCH3 is 1. The molecule has 0 aliphatic heterocycles. The van der Waals surface area contributed by atoms with Gasteiger partial charge in [-0.2, -0.15) is 5.26 Å². The van der Waals surface area contributed by atoms with Crippen LogP contribution >= 0.6 is 23.1 Å². The Bertz CT molecular complexity index is 1410. The van der Waals surface area contributed by atoms with E-state index in [1.807, 2.05) is 24.3 Å². The van der Waals surface area contributed by atoms with Crippen molar-refractivity contribution < 1.29 is 14.5 Å². The number of aromatic nitrogens is 2. The van der Waals surface area contributed by atoms with Gasteiger partial charge in [0.15, 0.2) is 5.13 Å². The van der Waals surface area contributed by atoms with E-state index in [-0.39, 0.29) is 17.3 Å². The first-order chi connectivity index (χ1) is 17.0. The number of nitro benzene ring substituents is 1. The van der Waals surface area contributed by atoms with Gasteiger partial charge in [0.2, 0.25) is 5.91 Å². The smallest absolute Gasteiger partial charge is 0.269 e. The Hall–Kier alpha value is -4.27. The molecule has 9 nitrogen and oxygen atoms in total. The minimum atomic E-state index is -0.465. The topological polar surface area (TPSA) is 131 Å². The number of carbonyl (C=O) groups excluding carboxylic acids is 1. The first-order valence-corrected chi connectivity index (χ1v) is 12.0. The fourth-order valence-electron chi connectivity index (χ4n) is 3.07. The molecule has 11 heteroatoms. The highest BCUT2D eigenvalue weighted by Crippen LogP contribution is 2.28. The number of nitrogens with one attached hydrogen (secondary N) is 1. The number of carbonyl (C=O) groups is 1. The average molecular weight is 504 g/mol. The van der Waals surface area contributed by atoms with Crippen LogP contribution in [0.4, 0.5) is 10.8 Å². The Morgan fingerprint density at radius 2 is 1.77 bits per heavy atom. The molecule has 2 aromatic heterocycles. The molecule has 0 saturated heterocycles. The molecule has 0 aliphatic rings. The molecule has 174 valence electrons. The van der Waals surface area contributed by atoms with Crippen molar-refractivity contribution in [2.75, 3.05) is 18.2 Å². The number of hydrogen-bond acceptors (Lipinski definition) is 9. The molecule has 4 aromatic rings. The van der Waals surface area contributed by atoms with Crippen LogP contribution in [-0.2, 0) is 4.79 Å². The Labute approximate surface area is 208 Å². The second-order valence-corrected chi connectivity index (χ2v) is 8.89. The number of anilines is 1. The van der Waals surface area contributed by atoms with E-state index in [4.69, 9.17) is 4.74 Å². The van der Waals surface area contributed by atoms with E-state index in [2.05, 4.69) is 21.4 Å². The van der Waals surface area contributed by atoms with Gasteiger partial charge in [-0.3, -0.25) is 14.9 Å². The van der Waals surface area contributed by atoms with E-state index in [1.165, 1.54) is 35.2 Å². The number of nitriles is 1. The number of benzene rings is 2. The monoisotopic (exact) mass is 503 g/mol. The molecule has 0 atom stereocenters. The van der Waals surface area contributed by atoms with E-state index in [9.17, 15) is 20.2 Å². The number of non-ortho nitro benzene ring substituents is 1. The van der Waals surface area contributed by atoms with Crippen molar-refractivity contribution in [2.45, 2.75) is 5.03 Å². The minimum Gasteiger partial charge on any atom is -0.497 e. The van der Waals surface area contributed by atoms with Crippen LogP contribution in [0.25, 0.3) is 22.5 Å². The van der Waals surface area contributed by atoms with Gasteiger partial charge in [-0.1, -0.05) is 11.8 Å². The number of rotatable bonds is 8. The van der Waals surface area contributed by atoms with Crippen LogP contribution in [0.5, 0.6) is 5.75 Å². The molecular weight excluding hydrogens is 486 g/mol. The van der Waals surface area contributed by atoms with Crippen molar-refractivity contribution in [1.82, 2.24) is 9.97 Å². The summed E-state index contributed by atoms with van der Waals surface area (Å²) in [7, 11) is 1.59. The third-order valence-corrected chi connectivity index (χ3v) is 6.58. The van der Waals surface area contributed by atoms with Crippen LogP contribution in [0.3, 0.4) is 0 Å². The molecule has 2 heterocycles. The number of nitro groups is 1. The molecule has 2 aromatic carbocycles. The Kier molecular flexibility index (Phi) is 7.35. The maximum Gasteiger partial charge on any atom is 0.269 e. The lowest BCUT2D eigenvalue weighted by Crippen LogP contribution is -2.14. The molecule has 1 amide bonds. The van der Waals surface area contributed by atoms with Gasteiger partial charge in [0.1, 0.15) is 16.8 Å². The van der Waals surface area contributed by atoms with Gasteiger partial charge in [-0.15, -0.1) is 11.3 Å². The first-order valence-electron chi connectivity index (χ1n) is 10.2. The van der Waals surface area contributed by atoms with Crippen molar-refractivity contribution in [3.8, 4) is 34.3 Å². The van der Waals surface area contributed by atoms with Gasteiger partial charge in [0.05, 0.1) is 34.7 Å². The third kappa shape index (κ3) is 5.81. The third-order valence-electron chi connectivity index (χ3n) is 4.83. The summed E-state index contributed by atoms with van der Waals surface area (Å²) in [6.07, 6.45) is 0. The van der Waals surface area contributed by atoms with Crippen LogP contribution in [0.1, 0.15) is 5.56 Å². The summed E-state index contributed by atoms with van der Waals surface area (Å²) >= 11 is 2.42. The lowest BCUT2D eigenvalue weighted by atomic mass is 10.1. The summed E-state index contributed by atoms with van der Waals surface area (Å²) in [5.74, 6) is 0.480. The van der Waals surface area contributed by atoms with E-state index in [0.717, 1.165) is 11.3 Å². The standard InChI is InChI=1S/C24H17N5O4S2/c1-33-19-9-4-15(5-10-19)20-11-6-17(12-25)23(26-20)34-14-22(30)28-24-27-21(13-35-24)16-2-7-18(8-3-16)29(31)32/h2-11,13H,14H2,1H3,(H,27,28,30). The largest absolute Gasteiger partial charge is 0.497 e. The fourth-order valence-corrected chi connectivity index (χ4v) is 4.57. The molecule has 0 spiro atoms. The summed E-state index contributed by atoms with van der Waals surface area (Å²) < 4.78 is 5.18. The Morgan fingerprint density at radius 1 is 1.09 bits per heavy atom. The van der Waals surface area contributed by atoms with Gasteiger partial charge in [-0.25, -0.2) is 9.97 Å². The van der Waals surface area contributed by atoms with Crippen molar-refractivity contribution in [3.63, 3.8) is 0 Å². The number of thioether (sulfide) groups is 1. The van der Waals surface area contributed by atoms with Crippen LogP contribution in [-0.4, -0.2) is 33.7 Å². The predicted molar refractivity (Wildman–Crippen MR) is 134 cm³/mol. The molecule has 35 heavy (non-hydrogen) atoms. The molecule has 0 aliphatic carbocycles. The Balaban J connectivity index is 1.41. The Morgan fingerprint density at radius 3 is 2.43 bits per heavy atom. The first kappa shape index (κ1) is 23.9. The summed E-state index contributed by atoms with van der Waals surface area (Å²) in [6, 6.07) is 19.0. The predicted octanol–water partition coefficient (Wildman–Crippen LogP) is 5.39. The number of thiazole rings is 1. The second-order valence-electron chi connectivity index (χ2n) is 7.07. The lowest BCUT2D eigenvalue weighted by Gasteiger charge is -2.07. The van der Waals surface area contributed by atoms with E-state index < -0.39 is 4.92 Å².